The molecule has 0 saturated carbocycles. The molecule has 3 aliphatic heterocycles. The fraction of sp³-hybridized carbons (Fsp3) is 0.579. The molecule has 2 saturated heterocycles. The SMILES string of the molecule is C[C@@H]1CN(O)C(=O)[C@@H]1N(C(=O)O)c1ccc2c(c1)[C@]1(C)CCN(C)C1N2C. The molecule has 0 bridgehead atoms. The first-order valence-corrected chi connectivity index (χ1v) is 9.27. The first-order valence-electron chi connectivity index (χ1n) is 9.27. The highest BCUT2D eigenvalue weighted by Crippen LogP contribution is 2.52. The van der Waals surface area contributed by atoms with Crippen LogP contribution in [0.1, 0.15) is 25.8 Å². The number of fused-ring (bicyclic) bond motifs is 3. The number of hydrogen-bond donors (Lipinski definition) is 2. The first-order chi connectivity index (χ1) is 12.7. The molecule has 1 unspecified atom stereocenters. The highest BCUT2D eigenvalue weighted by atomic mass is 16.5. The van der Waals surface area contributed by atoms with Gasteiger partial charge in [0.15, 0.2) is 0 Å². The Balaban J connectivity index is 1.79. The molecule has 0 radical (unpaired) electrons. The second-order valence-electron chi connectivity index (χ2n) is 8.33. The number of likely N-dealkylation sites (N-methyl/N-ethyl adjacent to an activating group) is 2. The number of hydroxylamine groups is 2. The lowest BCUT2D eigenvalue weighted by Gasteiger charge is -2.32. The van der Waals surface area contributed by atoms with E-state index in [1.807, 2.05) is 12.1 Å². The topological polar surface area (TPSA) is 87.6 Å². The van der Waals surface area contributed by atoms with Crippen molar-refractivity contribution in [3.63, 3.8) is 0 Å². The molecular weight excluding hydrogens is 348 g/mol. The summed E-state index contributed by atoms with van der Waals surface area (Å²) in [4.78, 5) is 30.1. The average Bonchev–Trinajstić information content (AvgIpc) is 3.13. The van der Waals surface area contributed by atoms with E-state index in [-0.39, 0.29) is 24.0 Å². The van der Waals surface area contributed by atoms with E-state index in [1.165, 1.54) is 0 Å². The van der Waals surface area contributed by atoms with Crippen molar-refractivity contribution < 1.29 is 19.9 Å². The first kappa shape index (κ1) is 18.1. The van der Waals surface area contributed by atoms with Gasteiger partial charge in [0, 0.05) is 36.3 Å². The predicted molar refractivity (Wildman–Crippen MR) is 100 cm³/mol. The van der Waals surface area contributed by atoms with E-state index in [4.69, 9.17) is 0 Å². The summed E-state index contributed by atoms with van der Waals surface area (Å²) in [5.74, 6) is -0.873. The molecule has 3 aliphatic rings. The molecule has 2 amide bonds. The summed E-state index contributed by atoms with van der Waals surface area (Å²) in [6.45, 7) is 5.11. The number of anilines is 2. The number of carbonyl (C=O) groups excluding carboxylic acids is 1. The fourth-order valence-corrected chi connectivity index (χ4v) is 5.33. The minimum Gasteiger partial charge on any atom is -0.465 e. The molecular formula is C19H26N4O4. The molecule has 4 atom stereocenters. The normalized spacial score (nSPS) is 32.8. The van der Waals surface area contributed by atoms with Crippen LogP contribution in [0.3, 0.4) is 0 Å². The van der Waals surface area contributed by atoms with Gasteiger partial charge in [-0.15, -0.1) is 0 Å². The zero-order valence-electron chi connectivity index (χ0n) is 16.1. The fourth-order valence-electron chi connectivity index (χ4n) is 5.33. The van der Waals surface area contributed by atoms with E-state index >= 15 is 0 Å². The molecule has 146 valence electrons. The van der Waals surface area contributed by atoms with Gasteiger partial charge >= 0.3 is 6.09 Å². The van der Waals surface area contributed by atoms with E-state index in [0.717, 1.165) is 29.1 Å². The average molecular weight is 374 g/mol. The van der Waals surface area contributed by atoms with Gasteiger partial charge < -0.3 is 10.0 Å². The van der Waals surface area contributed by atoms with Crippen LogP contribution in [-0.2, 0) is 10.2 Å². The third-order valence-corrected chi connectivity index (χ3v) is 6.58. The zero-order valence-corrected chi connectivity index (χ0v) is 16.1. The monoisotopic (exact) mass is 374 g/mol. The second-order valence-corrected chi connectivity index (χ2v) is 8.33. The van der Waals surface area contributed by atoms with Crippen LogP contribution in [-0.4, -0.2) is 71.7 Å². The summed E-state index contributed by atoms with van der Waals surface area (Å²) in [6.07, 6.45) is 0.0404. The van der Waals surface area contributed by atoms with Gasteiger partial charge in [-0.05, 0) is 37.2 Å². The molecule has 8 nitrogen and oxygen atoms in total. The van der Waals surface area contributed by atoms with E-state index in [0.29, 0.717) is 10.8 Å². The van der Waals surface area contributed by atoms with Crippen molar-refractivity contribution in [3.05, 3.63) is 23.8 Å². The summed E-state index contributed by atoms with van der Waals surface area (Å²) in [7, 11) is 4.18. The van der Waals surface area contributed by atoms with Gasteiger partial charge in [-0.3, -0.25) is 19.8 Å². The molecule has 0 aliphatic carbocycles. The molecule has 8 heteroatoms. The van der Waals surface area contributed by atoms with E-state index in [2.05, 4.69) is 30.8 Å². The van der Waals surface area contributed by atoms with Gasteiger partial charge in [-0.25, -0.2) is 9.86 Å². The summed E-state index contributed by atoms with van der Waals surface area (Å²) >= 11 is 0. The summed E-state index contributed by atoms with van der Waals surface area (Å²) < 4.78 is 0. The number of amides is 2. The predicted octanol–water partition coefficient (Wildman–Crippen LogP) is 1.78. The van der Waals surface area contributed by atoms with Crippen molar-refractivity contribution in [2.45, 2.75) is 37.9 Å². The molecule has 1 aromatic rings. The lowest BCUT2D eigenvalue weighted by molar-refractivity contribution is -0.158. The van der Waals surface area contributed by atoms with E-state index in [9.17, 15) is 19.9 Å². The van der Waals surface area contributed by atoms with Crippen LogP contribution in [0.15, 0.2) is 18.2 Å². The van der Waals surface area contributed by atoms with Gasteiger partial charge in [0.2, 0.25) is 0 Å². The Morgan fingerprint density at radius 1 is 1.33 bits per heavy atom. The maximum Gasteiger partial charge on any atom is 0.412 e. The Bertz CT molecular complexity index is 815. The molecule has 4 rings (SSSR count). The van der Waals surface area contributed by atoms with Crippen LogP contribution >= 0.6 is 0 Å². The third kappa shape index (κ3) is 2.36. The van der Waals surface area contributed by atoms with Crippen LogP contribution in [0.2, 0.25) is 0 Å². The van der Waals surface area contributed by atoms with E-state index in [1.54, 1.807) is 13.0 Å². The van der Waals surface area contributed by atoms with Crippen LogP contribution < -0.4 is 9.80 Å². The maximum absolute atomic E-state index is 12.4. The number of hydrogen-bond acceptors (Lipinski definition) is 5. The van der Waals surface area contributed by atoms with Crippen molar-refractivity contribution >= 4 is 23.4 Å². The molecule has 3 heterocycles. The maximum atomic E-state index is 12.4. The third-order valence-electron chi connectivity index (χ3n) is 6.58. The van der Waals surface area contributed by atoms with Crippen molar-refractivity contribution in [2.24, 2.45) is 5.92 Å². The largest absolute Gasteiger partial charge is 0.465 e. The summed E-state index contributed by atoms with van der Waals surface area (Å²) in [6, 6.07) is 4.70. The zero-order chi connectivity index (χ0) is 19.7. The van der Waals surface area contributed by atoms with Gasteiger partial charge in [0.1, 0.15) is 6.04 Å². The van der Waals surface area contributed by atoms with Crippen molar-refractivity contribution in [3.8, 4) is 0 Å². The number of carboxylic acid groups (broad SMARTS) is 1. The molecule has 0 aromatic heterocycles. The molecule has 2 N–H and O–H groups in total. The van der Waals surface area contributed by atoms with Crippen LogP contribution in [0.5, 0.6) is 0 Å². The Labute approximate surface area is 158 Å². The van der Waals surface area contributed by atoms with Crippen LogP contribution in [0.4, 0.5) is 16.2 Å². The molecule has 0 spiro atoms. The number of carbonyl (C=O) groups is 2. The quantitative estimate of drug-likeness (QED) is 0.768. The van der Waals surface area contributed by atoms with Gasteiger partial charge in [-0.2, -0.15) is 0 Å². The Morgan fingerprint density at radius 3 is 2.63 bits per heavy atom. The van der Waals surface area contributed by atoms with Crippen molar-refractivity contribution in [1.82, 2.24) is 9.96 Å². The lowest BCUT2D eigenvalue weighted by Crippen LogP contribution is -2.47. The van der Waals surface area contributed by atoms with Gasteiger partial charge in [0.25, 0.3) is 5.91 Å². The number of likely N-dealkylation sites (tertiary alicyclic amines) is 1. The van der Waals surface area contributed by atoms with E-state index < -0.39 is 18.0 Å². The smallest absolute Gasteiger partial charge is 0.412 e. The van der Waals surface area contributed by atoms with Gasteiger partial charge in [-0.1, -0.05) is 13.8 Å². The molecule has 1 aromatic carbocycles. The van der Waals surface area contributed by atoms with Crippen molar-refractivity contribution in [2.75, 3.05) is 37.0 Å². The Hall–Kier alpha value is -2.32. The minimum absolute atomic E-state index is 0.0899. The second kappa shape index (κ2) is 5.84. The Kier molecular flexibility index (Phi) is 3.91. The highest BCUT2D eigenvalue weighted by molar-refractivity contribution is 5.98. The summed E-state index contributed by atoms with van der Waals surface area (Å²) in [5, 5.41) is 20.2. The number of rotatable bonds is 2. The van der Waals surface area contributed by atoms with Crippen LogP contribution in [0, 0.1) is 5.92 Å². The lowest BCUT2D eigenvalue weighted by atomic mass is 9.81. The van der Waals surface area contributed by atoms with Crippen LogP contribution in [0.25, 0.3) is 0 Å². The summed E-state index contributed by atoms with van der Waals surface area (Å²) in [5.41, 5.74) is 2.60. The standard InChI is InChI=1S/C19H26N4O4/c1-11-10-22(27)16(24)15(11)23(18(25)26)12-5-6-14-13(9-12)19(2)7-8-20(3)17(19)21(14)4/h5-6,9,11,15,17,27H,7-8,10H2,1-4H3,(H,25,26)/t11-,15-,17?,19+/m1/s1. The molecule has 2 fully saturated rings. The number of benzene rings is 1. The van der Waals surface area contributed by atoms with Gasteiger partial charge in [0.05, 0.1) is 12.7 Å². The minimum atomic E-state index is -1.19. The number of nitrogens with zero attached hydrogens (tertiary/aromatic N) is 4. The van der Waals surface area contributed by atoms with Crippen molar-refractivity contribution in [1.29, 1.82) is 0 Å². The highest BCUT2D eigenvalue weighted by Gasteiger charge is 2.52. The Morgan fingerprint density at radius 2 is 2.04 bits per heavy atom. The molecule has 27 heavy (non-hydrogen) atoms.